The zero-order valence-electron chi connectivity index (χ0n) is 10.7. The van der Waals surface area contributed by atoms with Crippen molar-refractivity contribution in [1.29, 1.82) is 0 Å². The molecule has 1 rings (SSSR count). The lowest BCUT2D eigenvalue weighted by Crippen LogP contribution is -2.00. The maximum Gasteiger partial charge on any atom is -0.0236 e. The van der Waals surface area contributed by atoms with Crippen LogP contribution in [0.4, 0.5) is 0 Å². The van der Waals surface area contributed by atoms with E-state index < -0.39 is 0 Å². The highest BCUT2D eigenvalue weighted by molar-refractivity contribution is 5.43. The van der Waals surface area contributed by atoms with E-state index in [1.165, 1.54) is 12.0 Å². The maximum atomic E-state index is 4.09. The highest BCUT2D eigenvalue weighted by atomic mass is 14.1. The van der Waals surface area contributed by atoms with Gasteiger partial charge in [0.25, 0.3) is 0 Å². The lowest BCUT2D eigenvalue weighted by molar-refractivity contribution is 0.702. The first-order valence-electron chi connectivity index (χ1n) is 5.93. The molecule has 0 radical (unpaired) electrons. The first kappa shape index (κ1) is 12.8. The van der Waals surface area contributed by atoms with Gasteiger partial charge in [-0.15, -0.1) is 0 Å². The molecule has 0 bridgehead atoms. The Balaban J connectivity index is 2.70. The summed E-state index contributed by atoms with van der Waals surface area (Å²) >= 11 is 0. The fourth-order valence-electron chi connectivity index (χ4n) is 1.75. The van der Waals surface area contributed by atoms with Crippen molar-refractivity contribution in [3.05, 3.63) is 59.8 Å². The normalized spacial score (nSPS) is 16.2. The molecule has 0 amide bonds. The molecule has 0 aliphatic heterocycles. The topological polar surface area (TPSA) is 0 Å². The predicted octanol–water partition coefficient (Wildman–Crippen LogP) is 4.98. The quantitative estimate of drug-likeness (QED) is 0.579. The fourth-order valence-corrected chi connectivity index (χ4v) is 1.75. The molecule has 0 atom stereocenters. The summed E-state index contributed by atoms with van der Waals surface area (Å²) in [6.45, 7) is 14.4. The van der Waals surface area contributed by atoms with Gasteiger partial charge in [-0.1, -0.05) is 62.5 Å². The molecule has 0 fully saturated rings. The summed E-state index contributed by atoms with van der Waals surface area (Å²) in [7, 11) is 0. The Morgan fingerprint density at radius 2 is 1.88 bits per heavy atom. The molecule has 0 aromatic carbocycles. The second-order valence-electron chi connectivity index (χ2n) is 4.79. The lowest BCUT2D eigenvalue weighted by atomic mass is 9.88. The van der Waals surface area contributed by atoms with E-state index in [1.54, 1.807) is 5.57 Å². The zero-order valence-corrected chi connectivity index (χ0v) is 10.7. The standard InChI is InChI=1S/C16H22/c1-12(2)6-7-14(5)16-10-8-15(9-11-16)13(3)4/h6-8,10,13H,1,5,9,11H2,2-4H3/b7-6-. The minimum Gasteiger partial charge on any atom is -0.0961 e. The first-order valence-corrected chi connectivity index (χ1v) is 5.93. The summed E-state index contributed by atoms with van der Waals surface area (Å²) in [6.07, 6.45) is 10.8. The number of hydrogen-bond donors (Lipinski definition) is 0. The summed E-state index contributed by atoms with van der Waals surface area (Å²) in [5.41, 5.74) is 5.07. The predicted molar refractivity (Wildman–Crippen MR) is 73.3 cm³/mol. The Morgan fingerprint density at radius 1 is 1.19 bits per heavy atom. The molecule has 0 aromatic rings. The van der Waals surface area contributed by atoms with E-state index in [2.05, 4.69) is 45.2 Å². The SMILES string of the molecule is C=C(C)/C=C\C(=C)C1=CC=C(C(C)C)CC1. The van der Waals surface area contributed by atoms with E-state index in [0.29, 0.717) is 5.92 Å². The van der Waals surface area contributed by atoms with Crippen LogP contribution in [0.25, 0.3) is 0 Å². The van der Waals surface area contributed by atoms with Gasteiger partial charge >= 0.3 is 0 Å². The Labute approximate surface area is 99.8 Å². The van der Waals surface area contributed by atoms with Gasteiger partial charge in [0.05, 0.1) is 0 Å². The van der Waals surface area contributed by atoms with Gasteiger partial charge in [0.15, 0.2) is 0 Å². The fraction of sp³-hybridized carbons (Fsp3) is 0.375. The molecule has 0 heterocycles. The van der Waals surface area contributed by atoms with Crippen LogP contribution in [-0.2, 0) is 0 Å². The van der Waals surface area contributed by atoms with Gasteiger partial charge in [-0.05, 0) is 36.8 Å². The van der Waals surface area contributed by atoms with Crippen LogP contribution < -0.4 is 0 Å². The Bertz CT molecular complexity index is 373. The number of hydrogen-bond acceptors (Lipinski definition) is 0. The van der Waals surface area contributed by atoms with Crippen molar-refractivity contribution in [3.8, 4) is 0 Å². The van der Waals surface area contributed by atoms with Gasteiger partial charge in [-0.25, -0.2) is 0 Å². The van der Waals surface area contributed by atoms with Gasteiger partial charge in [0, 0.05) is 0 Å². The molecule has 0 spiro atoms. The molecule has 0 saturated carbocycles. The molecule has 86 valence electrons. The average Bonchev–Trinajstić information content (AvgIpc) is 2.26. The van der Waals surface area contributed by atoms with Crippen LogP contribution >= 0.6 is 0 Å². The van der Waals surface area contributed by atoms with Crippen LogP contribution in [0.3, 0.4) is 0 Å². The molecular weight excluding hydrogens is 192 g/mol. The number of allylic oxidation sites excluding steroid dienone is 8. The Morgan fingerprint density at radius 3 is 2.31 bits per heavy atom. The van der Waals surface area contributed by atoms with E-state index in [0.717, 1.165) is 17.6 Å². The van der Waals surface area contributed by atoms with E-state index >= 15 is 0 Å². The summed E-state index contributed by atoms with van der Waals surface area (Å²) < 4.78 is 0. The van der Waals surface area contributed by atoms with Gasteiger partial charge < -0.3 is 0 Å². The molecule has 1 aliphatic rings. The smallest absolute Gasteiger partial charge is 0.0236 e. The third kappa shape index (κ3) is 3.69. The van der Waals surface area contributed by atoms with Crippen LogP contribution in [0.5, 0.6) is 0 Å². The van der Waals surface area contributed by atoms with E-state index in [1.807, 2.05) is 13.0 Å². The maximum absolute atomic E-state index is 4.09. The summed E-state index contributed by atoms with van der Waals surface area (Å²) in [4.78, 5) is 0. The number of rotatable bonds is 4. The van der Waals surface area contributed by atoms with E-state index in [4.69, 9.17) is 0 Å². The summed E-state index contributed by atoms with van der Waals surface area (Å²) in [5, 5.41) is 0. The van der Waals surface area contributed by atoms with Gasteiger partial charge in [-0.3, -0.25) is 0 Å². The Hall–Kier alpha value is -1.30. The minimum absolute atomic E-state index is 0.664. The van der Waals surface area contributed by atoms with Crippen LogP contribution in [0, 0.1) is 5.92 Å². The van der Waals surface area contributed by atoms with E-state index in [9.17, 15) is 0 Å². The molecule has 0 saturated heterocycles. The van der Waals surface area contributed by atoms with Crippen molar-refractivity contribution in [2.45, 2.75) is 33.6 Å². The Kier molecular flexibility index (Phi) is 4.54. The molecule has 0 nitrogen and oxygen atoms in total. The average molecular weight is 214 g/mol. The van der Waals surface area contributed by atoms with Crippen molar-refractivity contribution >= 4 is 0 Å². The van der Waals surface area contributed by atoms with Gasteiger partial charge in [0.2, 0.25) is 0 Å². The zero-order chi connectivity index (χ0) is 12.1. The van der Waals surface area contributed by atoms with Crippen LogP contribution in [0.1, 0.15) is 33.6 Å². The van der Waals surface area contributed by atoms with Crippen molar-refractivity contribution in [3.63, 3.8) is 0 Å². The minimum atomic E-state index is 0.664. The second-order valence-corrected chi connectivity index (χ2v) is 4.79. The molecule has 0 aromatic heterocycles. The largest absolute Gasteiger partial charge is 0.0961 e. The molecular formula is C16H22. The van der Waals surface area contributed by atoms with Crippen LogP contribution in [0.2, 0.25) is 0 Å². The molecule has 1 aliphatic carbocycles. The van der Waals surface area contributed by atoms with Crippen molar-refractivity contribution in [1.82, 2.24) is 0 Å². The monoisotopic (exact) mass is 214 g/mol. The highest BCUT2D eigenvalue weighted by Crippen LogP contribution is 2.27. The van der Waals surface area contributed by atoms with Crippen LogP contribution in [-0.4, -0.2) is 0 Å². The molecule has 16 heavy (non-hydrogen) atoms. The van der Waals surface area contributed by atoms with Crippen molar-refractivity contribution in [2.24, 2.45) is 5.92 Å². The van der Waals surface area contributed by atoms with Gasteiger partial charge in [-0.2, -0.15) is 0 Å². The van der Waals surface area contributed by atoms with E-state index in [-0.39, 0.29) is 0 Å². The van der Waals surface area contributed by atoms with Gasteiger partial charge in [0.1, 0.15) is 0 Å². The molecule has 0 N–H and O–H groups in total. The van der Waals surface area contributed by atoms with Crippen molar-refractivity contribution < 1.29 is 0 Å². The lowest BCUT2D eigenvalue weighted by Gasteiger charge is -2.17. The highest BCUT2D eigenvalue weighted by Gasteiger charge is 2.09. The van der Waals surface area contributed by atoms with Crippen molar-refractivity contribution in [2.75, 3.05) is 0 Å². The third-order valence-electron chi connectivity index (χ3n) is 2.90. The second kappa shape index (κ2) is 5.69. The third-order valence-corrected chi connectivity index (χ3v) is 2.90. The molecule has 0 unspecified atom stereocenters. The molecule has 0 heteroatoms. The first-order chi connectivity index (χ1) is 7.50. The summed E-state index contributed by atoms with van der Waals surface area (Å²) in [5.74, 6) is 0.664. The summed E-state index contributed by atoms with van der Waals surface area (Å²) in [6, 6.07) is 0. The van der Waals surface area contributed by atoms with Crippen LogP contribution in [0.15, 0.2) is 59.8 Å².